The number of aliphatic hydroxyl groups is 1. The minimum absolute atomic E-state index is 0.0510. The summed E-state index contributed by atoms with van der Waals surface area (Å²) in [6, 6.07) is 3.57. The highest BCUT2D eigenvalue weighted by Crippen LogP contribution is 2.24. The summed E-state index contributed by atoms with van der Waals surface area (Å²) in [5.41, 5.74) is 0.286. The number of carbonyl (C=O) groups excluding carboxylic acids is 1. The van der Waals surface area contributed by atoms with Gasteiger partial charge >= 0.3 is 0 Å². The van der Waals surface area contributed by atoms with E-state index in [0.717, 1.165) is 18.9 Å². The van der Waals surface area contributed by atoms with E-state index in [1.54, 1.807) is 4.90 Å². The van der Waals surface area contributed by atoms with Gasteiger partial charge < -0.3 is 10.0 Å². The van der Waals surface area contributed by atoms with E-state index in [2.05, 4.69) is 0 Å². The van der Waals surface area contributed by atoms with Crippen LogP contribution < -0.4 is 0 Å². The fraction of sp³-hybridized carbons (Fsp3) is 0.417. The van der Waals surface area contributed by atoms with Crippen molar-refractivity contribution < 1.29 is 14.3 Å². The van der Waals surface area contributed by atoms with E-state index in [9.17, 15) is 9.18 Å². The number of hydrogen-bond acceptors (Lipinski definition) is 2. The van der Waals surface area contributed by atoms with E-state index in [1.807, 2.05) is 0 Å². The number of likely N-dealkylation sites (tertiary alicyclic amines) is 1. The van der Waals surface area contributed by atoms with E-state index >= 15 is 0 Å². The monoisotopic (exact) mass is 257 g/mol. The normalized spacial score (nSPS) is 19.7. The number of halogens is 2. The Hall–Kier alpha value is -1.13. The molecule has 0 unspecified atom stereocenters. The van der Waals surface area contributed by atoms with E-state index in [-0.39, 0.29) is 29.1 Å². The molecule has 1 N–H and O–H groups in total. The Kier molecular flexibility index (Phi) is 3.64. The Balaban J connectivity index is 2.24. The van der Waals surface area contributed by atoms with E-state index in [4.69, 9.17) is 16.7 Å². The smallest absolute Gasteiger partial charge is 0.255 e. The van der Waals surface area contributed by atoms with Crippen LogP contribution in [0.1, 0.15) is 23.2 Å². The lowest BCUT2D eigenvalue weighted by Gasteiger charge is -2.23. The van der Waals surface area contributed by atoms with Crippen LogP contribution in [0.4, 0.5) is 4.39 Å². The van der Waals surface area contributed by atoms with Crippen LogP contribution in [0.15, 0.2) is 18.2 Å². The van der Waals surface area contributed by atoms with Gasteiger partial charge in [-0.15, -0.1) is 0 Å². The van der Waals surface area contributed by atoms with Crippen LogP contribution in [0.2, 0.25) is 5.02 Å². The summed E-state index contributed by atoms with van der Waals surface area (Å²) < 4.78 is 12.9. The molecule has 17 heavy (non-hydrogen) atoms. The minimum Gasteiger partial charge on any atom is -0.394 e. The zero-order valence-electron chi connectivity index (χ0n) is 9.20. The Morgan fingerprint density at radius 1 is 1.59 bits per heavy atom. The Morgan fingerprint density at radius 3 is 3.00 bits per heavy atom. The second kappa shape index (κ2) is 5.02. The summed E-state index contributed by atoms with van der Waals surface area (Å²) >= 11 is 5.84. The summed E-state index contributed by atoms with van der Waals surface area (Å²) in [6.07, 6.45) is 1.66. The maximum atomic E-state index is 12.9. The molecular formula is C12H13ClFNO2. The third kappa shape index (κ3) is 2.42. The number of carbonyl (C=O) groups is 1. The molecule has 2 rings (SSSR count). The van der Waals surface area contributed by atoms with Gasteiger partial charge in [0.2, 0.25) is 0 Å². The van der Waals surface area contributed by atoms with Crippen molar-refractivity contribution in [3.8, 4) is 0 Å². The van der Waals surface area contributed by atoms with Crippen LogP contribution in [0.25, 0.3) is 0 Å². The molecule has 1 fully saturated rings. The van der Waals surface area contributed by atoms with Gasteiger partial charge in [0.25, 0.3) is 5.91 Å². The SMILES string of the molecule is O=C(c1ccc(F)cc1Cl)N1CCC[C@@H]1CO. The summed E-state index contributed by atoms with van der Waals surface area (Å²) in [6.45, 7) is 0.558. The molecule has 1 amide bonds. The molecule has 0 saturated carbocycles. The maximum absolute atomic E-state index is 12.9. The molecule has 0 spiro atoms. The number of nitrogens with zero attached hydrogens (tertiary/aromatic N) is 1. The van der Waals surface area contributed by atoms with Crippen LogP contribution in [-0.2, 0) is 0 Å². The molecule has 0 bridgehead atoms. The molecule has 1 saturated heterocycles. The number of benzene rings is 1. The first-order chi connectivity index (χ1) is 8.13. The molecule has 0 aliphatic carbocycles. The highest BCUT2D eigenvalue weighted by atomic mass is 35.5. The number of aliphatic hydroxyl groups excluding tert-OH is 1. The minimum atomic E-state index is -0.466. The fourth-order valence-corrected chi connectivity index (χ4v) is 2.36. The zero-order valence-corrected chi connectivity index (χ0v) is 9.95. The van der Waals surface area contributed by atoms with E-state index in [0.29, 0.717) is 6.54 Å². The lowest BCUT2D eigenvalue weighted by molar-refractivity contribution is 0.0678. The number of hydrogen-bond donors (Lipinski definition) is 1. The van der Waals surface area contributed by atoms with E-state index in [1.165, 1.54) is 12.1 Å². The largest absolute Gasteiger partial charge is 0.394 e. The first kappa shape index (κ1) is 12.3. The number of rotatable bonds is 2. The highest BCUT2D eigenvalue weighted by molar-refractivity contribution is 6.33. The van der Waals surface area contributed by atoms with Crippen molar-refractivity contribution >= 4 is 17.5 Å². The van der Waals surface area contributed by atoms with E-state index < -0.39 is 5.82 Å². The first-order valence-corrected chi connectivity index (χ1v) is 5.88. The third-order valence-electron chi connectivity index (χ3n) is 3.01. The van der Waals surface area contributed by atoms with Crippen molar-refractivity contribution in [2.75, 3.05) is 13.2 Å². The standard InChI is InChI=1S/C12H13ClFNO2/c13-11-6-8(14)3-4-10(11)12(17)15-5-1-2-9(15)7-16/h3-4,6,9,16H,1-2,5,7H2/t9-/m1/s1. The van der Waals surface area contributed by atoms with Crippen molar-refractivity contribution in [3.63, 3.8) is 0 Å². The molecule has 1 aliphatic heterocycles. The quantitative estimate of drug-likeness (QED) is 0.881. The first-order valence-electron chi connectivity index (χ1n) is 5.50. The third-order valence-corrected chi connectivity index (χ3v) is 3.32. The predicted octanol–water partition coefficient (Wildman–Crippen LogP) is 2.08. The van der Waals surface area contributed by atoms with Gasteiger partial charge in [-0.2, -0.15) is 0 Å². The highest BCUT2D eigenvalue weighted by Gasteiger charge is 2.29. The topological polar surface area (TPSA) is 40.5 Å². The second-order valence-electron chi connectivity index (χ2n) is 4.10. The van der Waals surface area contributed by atoms with Gasteiger partial charge in [-0.05, 0) is 31.0 Å². The second-order valence-corrected chi connectivity index (χ2v) is 4.51. The number of amides is 1. The van der Waals surface area contributed by atoms with Gasteiger partial charge in [0, 0.05) is 6.54 Å². The molecule has 1 aliphatic rings. The lowest BCUT2D eigenvalue weighted by atomic mass is 10.1. The Labute approximate surface area is 104 Å². The molecule has 5 heteroatoms. The molecule has 3 nitrogen and oxygen atoms in total. The molecule has 1 aromatic rings. The summed E-state index contributed by atoms with van der Waals surface area (Å²) in [5.74, 6) is -0.710. The lowest BCUT2D eigenvalue weighted by Crippen LogP contribution is -2.37. The molecule has 0 aromatic heterocycles. The van der Waals surface area contributed by atoms with Crippen molar-refractivity contribution in [2.45, 2.75) is 18.9 Å². The molecule has 92 valence electrons. The van der Waals surface area contributed by atoms with Crippen LogP contribution in [-0.4, -0.2) is 35.1 Å². The van der Waals surface area contributed by atoms with Gasteiger partial charge in [0.05, 0.1) is 23.2 Å². The van der Waals surface area contributed by atoms with Crippen molar-refractivity contribution in [1.82, 2.24) is 4.90 Å². The molecule has 1 aromatic carbocycles. The van der Waals surface area contributed by atoms with Gasteiger partial charge in [0.1, 0.15) is 5.82 Å². The molecular weight excluding hydrogens is 245 g/mol. The summed E-state index contributed by atoms with van der Waals surface area (Å²) in [5, 5.41) is 9.27. The van der Waals surface area contributed by atoms with Crippen LogP contribution in [0.3, 0.4) is 0 Å². The maximum Gasteiger partial charge on any atom is 0.255 e. The van der Waals surface area contributed by atoms with Crippen molar-refractivity contribution in [2.24, 2.45) is 0 Å². The average Bonchev–Trinajstić information content (AvgIpc) is 2.76. The zero-order chi connectivity index (χ0) is 12.4. The fourth-order valence-electron chi connectivity index (χ4n) is 2.11. The molecule has 0 radical (unpaired) electrons. The van der Waals surface area contributed by atoms with Gasteiger partial charge in [0.15, 0.2) is 0 Å². The average molecular weight is 258 g/mol. The Bertz CT molecular complexity index is 439. The predicted molar refractivity (Wildman–Crippen MR) is 62.6 cm³/mol. The van der Waals surface area contributed by atoms with Crippen LogP contribution in [0, 0.1) is 5.82 Å². The molecule has 1 heterocycles. The Morgan fingerprint density at radius 2 is 2.35 bits per heavy atom. The molecule has 1 atom stereocenters. The van der Waals surface area contributed by atoms with Gasteiger partial charge in [-0.3, -0.25) is 4.79 Å². The van der Waals surface area contributed by atoms with Crippen LogP contribution >= 0.6 is 11.6 Å². The van der Waals surface area contributed by atoms with Crippen molar-refractivity contribution in [1.29, 1.82) is 0 Å². The van der Waals surface area contributed by atoms with Crippen molar-refractivity contribution in [3.05, 3.63) is 34.6 Å². The van der Waals surface area contributed by atoms with Gasteiger partial charge in [-0.1, -0.05) is 11.6 Å². The summed E-state index contributed by atoms with van der Waals surface area (Å²) in [7, 11) is 0. The van der Waals surface area contributed by atoms with Gasteiger partial charge in [-0.25, -0.2) is 4.39 Å². The summed E-state index contributed by atoms with van der Waals surface area (Å²) in [4.78, 5) is 13.8. The van der Waals surface area contributed by atoms with Crippen LogP contribution in [0.5, 0.6) is 0 Å².